The van der Waals surface area contributed by atoms with Gasteiger partial charge in [-0.25, -0.2) is 8.42 Å². The molecule has 0 aliphatic heterocycles. The third-order valence-corrected chi connectivity index (χ3v) is 7.10. The topological polar surface area (TPSA) is 93.7 Å². The number of carbonyl (C=O) groups is 1. The molecule has 0 fully saturated rings. The van der Waals surface area contributed by atoms with Crippen molar-refractivity contribution < 1.29 is 22.7 Å². The van der Waals surface area contributed by atoms with Crippen LogP contribution in [0.1, 0.15) is 16.7 Å². The summed E-state index contributed by atoms with van der Waals surface area (Å²) in [6.45, 7) is 5.64. The van der Waals surface area contributed by atoms with Crippen LogP contribution in [-0.2, 0) is 14.6 Å². The SMILES string of the molecule is COc1ccc(NCC(=O)Nc2c(C)cccc2C)c(OC)c1S(=O)(=O)c1ccc(C)cc1. The molecular weight excluding hydrogens is 440 g/mol. The molecule has 2 N–H and O–H groups in total. The highest BCUT2D eigenvalue weighted by Gasteiger charge is 2.29. The molecule has 0 aliphatic rings. The first-order valence-electron chi connectivity index (χ1n) is 10.4. The Hall–Kier alpha value is -3.52. The van der Waals surface area contributed by atoms with Crippen LogP contribution in [0.25, 0.3) is 0 Å². The molecule has 0 aromatic heterocycles. The predicted octanol–water partition coefficient (Wildman–Crippen LogP) is 4.51. The molecule has 0 saturated heterocycles. The Morgan fingerprint density at radius 1 is 0.879 bits per heavy atom. The Labute approximate surface area is 194 Å². The Kier molecular flexibility index (Phi) is 7.28. The fourth-order valence-electron chi connectivity index (χ4n) is 3.51. The second kappa shape index (κ2) is 9.95. The second-order valence-electron chi connectivity index (χ2n) is 7.66. The van der Waals surface area contributed by atoms with E-state index in [1.807, 2.05) is 39.0 Å². The van der Waals surface area contributed by atoms with Gasteiger partial charge in [-0.1, -0.05) is 35.9 Å². The number of ether oxygens (including phenoxy) is 2. The zero-order valence-corrected chi connectivity index (χ0v) is 20.2. The van der Waals surface area contributed by atoms with Crippen molar-refractivity contribution in [3.63, 3.8) is 0 Å². The lowest BCUT2D eigenvalue weighted by Gasteiger charge is -2.18. The van der Waals surface area contributed by atoms with Gasteiger partial charge < -0.3 is 20.1 Å². The summed E-state index contributed by atoms with van der Waals surface area (Å²) in [5.41, 5.74) is 3.97. The minimum atomic E-state index is -3.95. The molecule has 3 aromatic carbocycles. The van der Waals surface area contributed by atoms with Gasteiger partial charge in [0.15, 0.2) is 10.6 Å². The number of amides is 1. The minimum absolute atomic E-state index is 0.0785. The molecule has 0 heterocycles. The van der Waals surface area contributed by atoms with Crippen LogP contribution in [0.2, 0.25) is 0 Å². The maximum absolute atomic E-state index is 13.4. The minimum Gasteiger partial charge on any atom is -0.495 e. The van der Waals surface area contributed by atoms with Crippen molar-refractivity contribution in [1.82, 2.24) is 0 Å². The number of carbonyl (C=O) groups excluding carboxylic acids is 1. The fraction of sp³-hybridized carbons (Fsp3) is 0.240. The number of nitrogens with one attached hydrogen (secondary N) is 2. The fourth-order valence-corrected chi connectivity index (χ4v) is 5.09. The normalized spacial score (nSPS) is 11.1. The van der Waals surface area contributed by atoms with Gasteiger partial charge in [-0.15, -0.1) is 0 Å². The lowest BCUT2D eigenvalue weighted by molar-refractivity contribution is -0.114. The van der Waals surface area contributed by atoms with E-state index in [9.17, 15) is 13.2 Å². The van der Waals surface area contributed by atoms with Crippen LogP contribution in [0.5, 0.6) is 11.5 Å². The second-order valence-corrected chi connectivity index (χ2v) is 9.55. The molecular formula is C25H28N2O5S. The van der Waals surface area contributed by atoms with Crippen LogP contribution in [0, 0.1) is 20.8 Å². The van der Waals surface area contributed by atoms with Gasteiger partial charge in [0.05, 0.1) is 31.3 Å². The molecule has 8 heteroatoms. The summed E-state index contributed by atoms with van der Waals surface area (Å²) in [5.74, 6) is -0.0408. The maximum atomic E-state index is 13.4. The predicted molar refractivity (Wildman–Crippen MR) is 129 cm³/mol. The Morgan fingerprint density at radius 3 is 2.09 bits per heavy atom. The summed E-state index contributed by atoms with van der Waals surface area (Å²) < 4.78 is 37.7. The number of sulfone groups is 1. The van der Waals surface area contributed by atoms with E-state index >= 15 is 0 Å². The van der Waals surface area contributed by atoms with Gasteiger partial charge in [0.2, 0.25) is 15.7 Å². The van der Waals surface area contributed by atoms with E-state index in [2.05, 4.69) is 10.6 Å². The molecule has 0 atom stereocenters. The van der Waals surface area contributed by atoms with Gasteiger partial charge >= 0.3 is 0 Å². The van der Waals surface area contributed by atoms with Crippen LogP contribution in [0.15, 0.2) is 64.4 Å². The van der Waals surface area contributed by atoms with Crippen LogP contribution in [0.4, 0.5) is 11.4 Å². The van der Waals surface area contributed by atoms with Crippen molar-refractivity contribution in [1.29, 1.82) is 0 Å². The summed E-state index contributed by atoms with van der Waals surface area (Å²) in [4.78, 5) is 12.6. The van der Waals surface area contributed by atoms with E-state index in [1.165, 1.54) is 20.3 Å². The summed E-state index contributed by atoms with van der Waals surface area (Å²) in [7, 11) is -1.18. The highest BCUT2D eigenvalue weighted by molar-refractivity contribution is 7.91. The molecule has 3 rings (SSSR count). The van der Waals surface area contributed by atoms with Crippen LogP contribution in [0.3, 0.4) is 0 Å². The molecule has 33 heavy (non-hydrogen) atoms. The lowest BCUT2D eigenvalue weighted by Crippen LogP contribution is -2.23. The third kappa shape index (κ3) is 5.12. The summed E-state index contributed by atoms with van der Waals surface area (Å²) in [6, 6.07) is 15.5. The van der Waals surface area contributed by atoms with E-state index in [-0.39, 0.29) is 33.7 Å². The largest absolute Gasteiger partial charge is 0.495 e. The molecule has 3 aromatic rings. The zero-order valence-electron chi connectivity index (χ0n) is 19.4. The van der Waals surface area contributed by atoms with Crippen molar-refractivity contribution in [3.05, 3.63) is 71.3 Å². The molecule has 0 radical (unpaired) electrons. The lowest BCUT2D eigenvalue weighted by atomic mass is 10.1. The van der Waals surface area contributed by atoms with Crippen molar-refractivity contribution >= 4 is 27.1 Å². The average Bonchev–Trinajstić information content (AvgIpc) is 2.79. The monoisotopic (exact) mass is 468 g/mol. The highest BCUT2D eigenvalue weighted by atomic mass is 32.2. The number of anilines is 2. The first-order valence-corrected chi connectivity index (χ1v) is 11.8. The molecule has 0 unspecified atom stereocenters. The summed E-state index contributed by atoms with van der Waals surface area (Å²) in [6.07, 6.45) is 0. The molecule has 0 spiro atoms. The van der Waals surface area contributed by atoms with E-state index in [0.717, 1.165) is 22.4 Å². The third-order valence-electron chi connectivity index (χ3n) is 5.29. The van der Waals surface area contributed by atoms with Crippen LogP contribution in [-0.4, -0.2) is 35.1 Å². The van der Waals surface area contributed by atoms with Crippen LogP contribution >= 0.6 is 0 Å². The number of benzene rings is 3. The molecule has 0 aliphatic carbocycles. The van der Waals surface area contributed by atoms with Gasteiger partial charge in [-0.2, -0.15) is 0 Å². The number of para-hydroxylation sites is 1. The van der Waals surface area contributed by atoms with Gasteiger partial charge in [0.1, 0.15) is 5.75 Å². The number of hydrogen-bond donors (Lipinski definition) is 2. The number of rotatable bonds is 8. The average molecular weight is 469 g/mol. The summed E-state index contributed by atoms with van der Waals surface area (Å²) >= 11 is 0. The van der Waals surface area contributed by atoms with Crippen LogP contribution < -0.4 is 20.1 Å². The van der Waals surface area contributed by atoms with Crippen molar-refractivity contribution in [3.8, 4) is 11.5 Å². The first kappa shape index (κ1) is 24.1. The first-order chi connectivity index (χ1) is 15.7. The zero-order chi connectivity index (χ0) is 24.2. The molecule has 1 amide bonds. The summed E-state index contributed by atoms with van der Waals surface area (Å²) in [5, 5.41) is 5.89. The van der Waals surface area contributed by atoms with E-state index in [1.54, 1.807) is 30.3 Å². The van der Waals surface area contributed by atoms with Crippen molar-refractivity contribution in [2.45, 2.75) is 30.6 Å². The Bertz CT molecular complexity index is 1250. The van der Waals surface area contributed by atoms with E-state index in [4.69, 9.17) is 9.47 Å². The molecule has 174 valence electrons. The Balaban J connectivity index is 1.92. The van der Waals surface area contributed by atoms with E-state index in [0.29, 0.717) is 5.69 Å². The highest BCUT2D eigenvalue weighted by Crippen LogP contribution is 2.42. The van der Waals surface area contributed by atoms with Crippen molar-refractivity contribution in [2.75, 3.05) is 31.4 Å². The van der Waals surface area contributed by atoms with Gasteiger partial charge in [-0.05, 0) is 56.2 Å². The molecule has 0 bridgehead atoms. The maximum Gasteiger partial charge on any atom is 0.243 e. The molecule has 7 nitrogen and oxygen atoms in total. The van der Waals surface area contributed by atoms with E-state index < -0.39 is 9.84 Å². The number of methoxy groups -OCH3 is 2. The van der Waals surface area contributed by atoms with Crippen molar-refractivity contribution in [2.24, 2.45) is 0 Å². The smallest absolute Gasteiger partial charge is 0.243 e. The van der Waals surface area contributed by atoms with Gasteiger partial charge in [-0.3, -0.25) is 4.79 Å². The van der Waals surface area contributed by atoms with Gasteiger partial charge in [0.25, 0.3) is 0 Å². The molecule has 0 saturated carbocycles. The standard InChI is InChI=1S/C25H28N2O5S/c1-16-9-11-19(12-10-16)33(29,30)25-21(31-4)14-13-20(24(25)32-5)26-15-22(28)27-23-17(2)7-6-8-18(23)3/h6-14,26H,15H2,1-5H3,(H,27,28). The number of hydrogen-bond acceptors (Lipinski definition) is 6. The van der Waals surface area contributed by atoms with Gasteiger partial charge in [0, 0.05) is 5.69 Å². The number of aryl methyl sites for hydroxylation is 3. The quantitative estimate of drug-likeness (QED) is 0.505. The Morgan fingerprint density at radius 2 is 1.52 bits per heavy atom.